The van der Waals surface area contributed by atoms with E-state index in [0.717, 1.165) is 0 Å². The lowest BCUT2D eigenvalue weighted by Crippen LogP contribution is -2.67. The van der Waals surface area contributed by atoms with Crippen molar-refractivity contribution >= 4 is 28.2 Å². The number of nitrogens with zero attached hydrogens (tertiary/aromatic N) is 4. The van der Waals surface area contributed by atoms with Crippen molar-refractivity contribution in [2.24, 2.45) is 0 Å². The standard InChI is InChI=1S/C32H42FN5O6S/c1-18(2)35-30(41)32(4,5)38-27(40)26-19(3)28(37-15-7-14-34-37)45-29(26)36(31(38)42)17-25(44-22-11-9-21(39)10-12-22)23-16-20(33)8-13-24(23)43-6/h7-8,13-16,18,21-22,25,31,39,42H,9-12,17H2,1-6H3,(H,35,41)/t21-,22+,25-,31?/m0/s1. The Morgan fingerprint density at radius 2 is 1.91 bits per heavy atom. The van der Waals surface area contributed by atoms with Gasteiger partial charge >= 0.3 is 0 Å². The maximum absolute atomic E-state index is 14.7. The van der Waals surface area contributed by atoms with Crippen molar-refractivity contribution in [3.63, 3.8) is 0 Å². The van der Waals surface area contributed by atoms with Crippen molar-refractivity contribution in [1.29, 1.82) is 0 Å². The molecule has 244 valence electrons. The van der Waals surface area contributed by atoms with E-state index in [1.54, 1.807) is 41.9 Å². The molecule has 0 saturated heterocycles. The summed E-state index contributed by atoms with van der Waals surface area (Å²) in [7, 11) is 1.49. The molecule has 2 amide bonds. The van der Waals surface area contributed by atoms with E-state index in [1.807, 2.05) is 20.8 Å². The zero-order valence-corrected chi connectivity index (χ0v) is 27.3. The van der Waals surface area contributed by atoms with Crippen LogP contribution in [0.15, 0.2) is 36.7 Å². The normalized spacial score (nSPS) is 21.2. The fraction of sp³-hybridized carbons (Fsp3) is 0.531. The number of aromatic nitrogens is 2. The minimum atomic E-state index is -1.57. The zero-order chi connectivity index (χ0) is 32.6. The lowest BCUT2D eigenvalue weighted by Gasteiger charge is -2.48. The van der Waals surface area contributed by atoms with Gasteiger partial charge in [-0.25, -0.2) is 9.07 Å². The molecule has 1 aliphatic carbocycles. The lowest BCUT2D eigenvalue weighted by molar-refractivity contribution is -0.137. The van der Waals surface area contributed by atoms with Gasteiger partial charge in [0.2, 0.25) is 12.3 Å². The Labute approximate surface area is 266 Å². The summed E-state index contributed by atoms with van der Waals surface area (Å²) in [6.07, 6.45) is 2.77. The molecule has 1 aliphatic heterocycles. The molecular formula is C32H42FN5O6S. The topological polar surface area (TPSA) is 129 Å². The molecule has 2 atom stereocenters. The number of nitrogens with one attached hydrogen (secondary N) is 1. The summed E-state index contributed by atoms with van der Waals surface area (Å²) in [5.74, 6) is -0.983. The molecule has 0 spiro atoms. The third-order valence-corrected chi connectivity index (χ3v) is 9.82. The molecule has 1 fully saturated rings. The maximum Gasteiger partial charge on any atom is 0.261 e. The van der Waals surface area contributed by atoms with Crippen LogP contribution in [0.2, 0.25) is 0 Å². The largest absolute Gasteiger partial charge is 0.496 e. The Morgan fingerprint density at radius 3 is 2.53 bits per heavy atom. The van der Waals surface area contributed by atoms with Crippen LogP contribution in [0.3, 0.4) is 0 Å². The van der Waals surface area contributed by atoms with Crippen LogP contribution in [0.1, 0.15) is 81.0 Å². The molecule has 13 heteroatoms. The number of hydrogen-bond donors (Lipinski definition) is 3. The number of rotatable bonds is 10. The molecule has 1 unspecified atom stereocenters. The van der Waals surface area contributed by atoms with Crippen LogP contribution in [-0.4, -0.2) is 80.5 Å². The monoisotopic (exact) mass is 643 g/mol. The third kappa shape index (κ3) is 6.44. The van der Waals surface area contributed by atoms with E-state index in [9.17, 15) is 24.2 Å². The maximum atomic E-state index is 14.7. The van der Waals surface area contributed by atoms with Crippen LogP contribution in [-0.2, 0) is 9.53 Å². The van der Waals surface area contributed by atoms with Gasteiger partial charge in [-0.15, -0.1) is 0 Å². The number of aliphatic hydroxyl groups excluding tert-OH is 2. The van der Waals surface area contributed by atoms with Crippen molar-refractivity contribution in [2.75, 3.05) is 18.6 Å². The first kappa shape index (κ1) is 32.9. The Balaban J connectivity index is 1.63. The van der Waals surface area contributed by atoms with Crippen LogP contribution in [0.25, 0.3) is 5.00 Å². The van der Waals surface area contributed by atoms with Crippen LogP contribution >= 0.6 is 11.3 Å². The van der Waals surface area contributed by atoms with Crippen LogP contribution in [0.5, 0.6) is 5.75 Å². The fourth-order valence-electron chi connectivity index (χ4n) is 6.05. The smallest absolute Gasteiger partial charge is 0.261 e. The summed E-state index contributed by atoms with van der Waals surface area (Å²) < 4.78 is 28.6. The minimum absolute atomic E-state index is 0.00278. The molecule has 1 saturated carbocycles. The van der Waals surface area contributed by atoms with Gasteiger partial charge in [-0.05, 0) is 84.6 Å². The second-order valence-corrected chi connectivity index (χ2v) is 13.4. The Kier molecular flexibility index (Phi) is 9.54. The molecule has 11 nitrogen and oxygen atoms in total. The molecule has 0 bridgehead atoms. The van der Waals surface area contributed by atoms with Crippen molar-refractivity contribution in [2.45, 2.75) is 96.5 Å². The third-order valence-electron chi connectivity index (χ3n) is 8.50. The SMILES string of the molecule is COc1ccc(F)cc1[C@H](CN1c2sc(-n3cccn3)c(C)c2C(=O)N(C(C)(C)C(=O)NC(C)C)C1O)O[C@H]1CC[C@@H](O)CC1. The number of halogens is 1. The van der Waals surface area contributed by atoms with Gasteiger partial charge in [0.25, 0.3) is 5.91 Å². The number of benzene rings is 1. The number of carbonyl (C=O) groups excluding carboxylic acids is 2. The van der Waals surface area contributed by atoms with Crippen molar-refractivity contribution in [1.82, 2.24) is 20.0 Å². The van der Waals surface area contributed by atoms with Gasteiger partial charge in [-0.2, -0.15) is 5.10 Å². The van der Waals surface area contributed by atoms with Gasteiger partial charge in [0.15, 0.2) is 0 Å². The van der Waals surface area contributed by atoms with Gasteiger partial charge in [-0.1, -0.05) is 11.3 Å². The zero-order valence-electron chi connectivity index (χ0n) is 26.5. The van der Waals surface area contributed by atoms with Gasteiger partial charge < -0.3 is 29.9 Å². The predicted octanol–water partition coefficient (Wildman–Crippen LogP) is 4.29. The highest BCUT2D eigenvalue weighted by Gasteiger charge is 2.50. The Morgan fingerprint density at radius 1 is 1.20 bits per heavy atom. The van der Waals surface area contributed by atoms with Crippen LogP contribution in [0, 0.1) is 12.7 Å². The lowest BCUT2D eigenvalue weighted by atomic mass is 9.94. The van der Waals surface area contributed by atoms with Gasteiger partial charge in [-0.3, -0.25) is 14.5 Å². The quantitative estimate of drug-likeness (QED) is 0.299. The summed E-state index contributed by atoms with van der Waals surface area (Å²) in [5.41, 5.74) is -0.0264. The fourth-order valence-corrected chi connectivity index (χ4v) is 7.32. The Bertz CT molecular complexity index is 1520. The number of carbonyl (C=O) groups is 2. The molecule has 45 heavy (non-hydrogen) atoms. The molecule has 2 aliphatic rings. The summed E-state index contributed by atoms with van der Waals surface area (Å²) >= 11 is 1.29. The molecule has 2 aromatic heterocycles. The summed E-state index contributed by atoms with van der Waals surface area (Å²) in [6, 6.07) is 5.78. The molecule has 1 aromatic carbocycles. The minimum Gasteiger partial charge on any atom is -0.496 e. The van der Waals surface area contributed by atoms with E-state index >= 15 is 0 Å². The van der Waals surface area contributed by atoms with Crippen LogP contribution < -0.4 is 15.0 Å². The molecule has 5 rings (SSSR count). The Hall–Kier alpha value is -3.52. The number of ether oxygens (including phenoxy) is 2. The average molecular weight is 644 g/mol. The second-order valence-electron chi connectivity index (χ2n) is 12.5. The van der Waals surface area contributed by atoms with Crippen molar-refractivity contribution < 1.29 is 33.7 Å². The summed E-state index contributed by atoms with van der Waals surface area (Å²) in [6.45, 7) is 8.66. The van der Waals surface area contributed by atoms with E-state index in [0.29, 0.717) is 58.1 Å². The number of amides is 2. The number of fused-ring (bicyclic) bond motifs is 1. The van der Waals surface area contributed by atoms with Gasteiger partial charge in [0.05, 0.1) is 31.4 Å². The summed E-state index contributed by atoms with van der Waals surface area (Å²) in [5, 5.41) is 30.6. The number of anilines is 1. The highest BCUT2D eigenvalue weighted by atomic mass is 32.1. The van der Waals surface area contributed by atoms with E-state index in [1.165, 1.54) is 41.5 Å². The van der Waals surface area contributed by atoms with Gasteiger partial charge in [0.1, 0.15) is 33.2 Å². The average Bonchev–Trinajstić information content (AvgIpc) is 3.63. The molecule has 3 aromatic rings. The highest BCUT2D eigenvalue weighted by molar-refractivity contribution is 7.19. The van der Waals surface area contributed by atoms with E-state index in [4.69, 9.17) is 9.47 Å². The van der Waals surface area contributed by atoms with Crippen LogP contribution in [0.4, 0.5) is 9.39 Å². The number of methoxy groups -OCH3 is 1. The first-order valence-corrected chi connectivity index (χ1v) is 16.0. The second kappa shape index (κ2) is 13.1. The number of thiophene rings is 1. The molecule has 0 radical (unpaired) electrons. The highest BCUT2D eigenvalue weighted by Crippen LogP contribution is 2.46. The van der Waals surface area contributed by atoms with Gasteiger partial charge in [0, 0.05) is 29.6 Å². The molecule has 3 N–H and O–H groups in total. The van der Waals surface area contributed by atoms with Crippen molar-refractivity contribution in [3.8, 4) is 10.8 Å². The van der Waals surface area contributed by atoms with E-state index < -0.39 is 41.7 Å². The molecular weight excluding hydrogens is 601 g/mol. The summed E-state index contributed by atoms with van der Waals surface area (Å²) in [4.78, 5) is 30.6. The first-order valence-electron chi connectivity index (χ1n) is 15.2. The molecule has 3 heterocycles. The van der Waals surface area contributed by atoms with Crippen molar-refractivity contribution in [3.05, 3.63) is 59.2 Å². The number of hydrogen-bond acceptors (Lipinski definition) is 9. The predicted molar refractivity (Wildman–Crippen MR) is 168 cm³/mol. The number of aliphatic hydroxyl groups is 2. The van der Waals surface area contributed by atoms with E-state index in [2.05, 4.69) is 10.4 Å². The first-order chi connectivity index (χ1) is 21.3. The van der Waals surface area contributed by atoms with E-state index in [-0.39, 0.29) is 18.7 Å².